The molecule has 1 saturated heterocycles. The first-order valence-corrected chi connectivity index (χ1v) is 7.92. The van der Waals surface area contributed by atoms with Crippen LogP contribution in [0.2, 0.25) is 0 Å². The first-order chi connectivity index (χ1) is 9.66. The van der Waals surface area contributed by atoms with Gasteiger partial charge in [0.25, 0.3) is 0 Å². The minimum absolute atomic E-state index is 0.0903. The zero-order valence-electron chi connectivity index (χ0n) is 12.0. The van der Waals surface area contributed by atoms with Gasteiger partial charge in [0.15, 0.2) is 0 Å². The molecule has 20 heavy (non-hydrogen) atoms. The van der Waals surface area contributed by atoms with Crippen LogP contribution in [-0.2, 0) is 9.59 Å². The van der Waals surface area contributed by atoms with Crippen LogP contribution in [0.15, 0.2) is 0 Å². The lowest BCUT2D eigenvalue weighted by Crippen LogP contribution is -2.52. The molecule has 0 radical (unpaired) electrons. The van der Waals surface area contributed by atoms with Gasteiger partial charge in [-0.3, -0.25) is 14.5 Å². The lowest BCUT2D eigenvalue weighted by molar-refractivity contribution is -0.153. The maximum absolute atomic E-state index is 12.6. The van der Waals surface area contributed by atoms with Gasteiger partial charge in [0.05, 0.1) is 11.8 Å². The number of carbonyl (C=O) groups excluding carboxylic acids is 1. The van der Waals surface area contributed by atoms with Crippen molar-refractivity contribution in [3.05, 3.63) is 0 Å². The second-order valence-corrected chi connectivity index (χ2v) is 6.43. The zero-order chi connectivity index (χ0) is 14.1. The van der Waals surface area contributed by atoms with Crippen molar-refractivity contribution in [3.8, 4) is 0 Å². The van der Waals surface area contributed by atoms with E-state index in [1.165, 1.54) is 12.8 Å². The van der Waals surface area contributed by atoms with E-state index in [2.05, 4.69) is 4.90 Å². The maximum Gasteiger partial charge on any atom is 0.307 e. The van der Waals surface area contributed by atoms with Crippen LogP contribution in [0.25, 0.3) is 0 Å². The van der Waals surface area contributed by atoms with E-state index in [0.717, 1.165) is 51.5 Å². The molecule has 0 spiro atoms. The number of piperazine rings is 1. The van der Waals surface area contributed by atoms with Gasteiger partial charge < -0.3 is 10.0 Å². The molecule has 0 aromatic carbocycles. The number of aliphatic carboxylic acids is 1. The van der Waals surface area contributed by atoms with Crippen LogP contribution in [0.3, 0.4) is 0 Å². The lowest BCUT2D eigenvalue weighted by atomic mass is 9.78. The third-order valence-electron chi connectivity index (χ3n) is 5.09. The average molecular weight is 280 g/mol. The van der Waals surface area contributed by atoms with Gasteiger partial charge in [-0.25, -0.2) is 0 Å². The Kier molecular flexibility index (Phi) is 3.96. The number of hydrogen-bond donors (Lipinski definition) is 1. The van der Waals surface area contributed by atoms with Crippen LogP contribution in [0.1, 0.15) is 38.5 Å². The Hall–Kier alpha value is -1.10. The van der Waals surface area contributed by atoms with E-state index >= 15 is 0 Å². The first-order valence-electron chi connectivity index (χ1n) is 7.92. The molecule has 5 nitrogen and oxygen atoms in total. The summed E-state index contributed by atoms with van der Waals surface area (Å²) in [6.45, 7) is 3.47. The predicted octanol–water partition coefficient (Wildman–Crippen LogP) is 1.18. The molecule has 0 aromatic heterocycles. The first kappa shape index (κ1) is 13.9. The van der Waals surface area contributed by atoms with Gasteiger partial charge in [0.2, 0.25) is 5.91 Å². The van der Waals surface area contributed by atoms with E-state index in [4.69, 9.17) is 0 Å². The van der Waals surface area contributed by atoms with Crippen molar-refractivity contribution in [1.29, 1.82) is 0 Å². The second-order valence-electron chi connectivity index (χ2n) is 6.43. The topological polar surface area (TPSA) is 60.9 Å². The maximum atomic E-state index is 12.6. The molecule has 1 aliphatic heterocycles. The second kappa shape index (κ2) is 5.72. The number of rotatable bonds is 3. The molecular weight excluding hydrogens is 256 g/mol. The Morgan fingerprint density at radius 2 is 1.45 bits per heavy atom. The van der Waals surface area contributed by atoms with Crippen LogP contribution >= 0.6 is 0 Å². The van der Waals surface area contributed by atoms with Crippen molar-refractivity contribution in [2.45, 2.75) is 44.6 Å². The Labute approximate surface area is 119 Å². The summed E-state index contributed by atoms with van der Waals surface area (Å²) in [6.07, 6.45) is 5.94. The van der Waals surface area contributed by atoms with E-state index in [0.29, 0.717) is 6.42 Å². The van der Waals surface area contributed by atoms with E-state index in [9.17, 15) is 14.7 Å². The Bertz CT molecular complexity index is 387. The third-order valence-corrected chi connectivity index (χ3v) is 5.09. The fraction of sp³-hybridized carbons (Fsp3) is 0.867. The van der Waals surface area contributed by atoms with Crippen LogP contribution < -0.4 is 0 Å². The standard InChI is InChI=1S/C15H24N2O3/c18-14(12-3-1-2-4-13(12)15(19)20)17-9-7-16(8-10-17)11-5-6-11/h11-13H,1-10H2,(H,19,20)/t12-,13+/m1/s1. The molecular formula is C15H24N2O3. The van der Waals surface area contributed by atoms with Crippen molar-refractivity contribution < 1.29 is 14.7 Å². The molecule has 1 N–H and O–H groups in total. The van der Waals surface area contributed by atoms with Gasteiger partial charge in [-0.1, -0.05) is 12.8 Å². The summed E-state index contributed by atoms with van der Waals surface area (Å²) < 4.78 is 0. The largest absolute Gasteiger partial charge is 0.481 e. The van der Waals surface area contributed by atoms with Crippen LogP contribution in [0, 0.1) is 11.8 Å². The Morgan fingerprint density at radius 1 is 0.850 bits per heavy atom. The number of carbonyl (C=O) groups is 2. The number of amides is 1. The van der Waals surface area contributed by atoms with E-state index in [1.807, 2.05) is 4.90 Å². The van der Waals surface area contributed by atoms with Crippen molar-refractivity contribution in [3.63, 3.8) is 0 Å². The van der Waals surface area contributed by atoms with Crippen molar-refractivity contribution in [2.24, 2.45) is 11.8 Å². The Morgan fingerprint density at radius 3 is 2.00 bits per heavy atom. The third kappa shape index (κ3) is 2.82. The minimum atomic E-state index is -0.792. The van der Waals surface area contributed by atoms with Gasteiger partial charge in [0, 0.05) is 32.2 Å². The van der Waals surface area contributed by atoms with E-state index < -0.39 is 11.9 Å². The number of carboxylic acid groups (broad SMARTS) is 1. The monoisotopic (exact) mass is 280 g/mol. The summed E-state index contributed by atoms with van der Waals surface area (Å²) >= 11 is 0. The molecule has 1 amide bonds. The smallest absolute Gasteiger partial charge is 0.307 e. The molecule has 0 bridgehead atoms. The van der Waals surface area contributed by atoms with E-state index in [1.54, 1.807) is 0 Å². The molecule has 0 unspecified atom stereocenters. The van der Waals surface area contributed by atoms with Crippen molar-refractivity contribution in [1.82, 2.24) is 9.80 Å². The molecule has 1 heterocycles. The molecule has 3 fully saturated rings. The summed E-state index contributed by atoms with van der Waals surface area (Å²) in [5.74, 6) is -1.45. The predicted molar refractivity (Wildman–Crippen MR) is 74.3 cm³/mol. The van der Waals surface area contributed by atoms with E-state index in [-0.39, 0.29) is 11.8 Å². The summed E-state index contributed by atoms with van der Waals surface area (Å²) in [4.78, 5) is 28.3. The fourth-order valence-electron chi connectivity index (χ4n) is 3.70. The normalized spacial score (nSPS) is 32.1. The van der Waals surface area contributed by atoms with Gasteiger partial charge in [-0.15, -0.1) is 0 Å². The molecule has 3 aliphatic rings. The van der Waals surface area contributed by atoms with Gasteiger partial charge in [0.1, 0.15) is 0 Å². The number of nitrogens with zero attached hydrogens (tertiary/aromatic N) is 2. The highest BCUT2D eigenvalue weighted by Crippen LogP contribution is 2.33. The minimum Gasteiger partial charge on any atom is -0.481 e. The summed E-state index contributed by atoms with van der Waals surface area (Å²) in [6, 6.07) is 0.758. The fourth-order valence-corrected chi connectivity index (χ4v) is 3.70. The molecule has 0 aromatic rings. The summed E-state index contributed by atoms with van der Waals surface area (Å²) in [7, 11) is 0. The van der Waals surface area contributed by atoms with Crippen LogP contribution in [0.4, 0.5) is 0 Å². The number of carboxylic acids is 1. The Balaban J connectivity index is 1.58. The summed E-state index contributed by atoms with van der Waals surface area (Å²) in [5.41, 5.74) is 0. The SMILES string of the molecule is O=C(O)[C@H]1CCCC[C@H]1C(=O)N1CCN(C2CC2)CC1. The molecule has 2 aliphatic carbocycles. The molecule has 3 rings (SSSR count). The number of hydrogen-bond acceptors (Lipinski definition) is 3. The average Bonchev–Trinajstić information content (AvgIpc) is 3.31. The van der Waals surface area contributed by atoms with Gasteiger partial charge in [-0.05, 0) is 25.7 Å². The molecule has 2 atom stereocenters. The molecule has 5 heteroatoms. The van der Waals surface area contributed by atoms with Crippen LogP contribution in [-0.4, -0.2) is 59.0 Å². The van der Waals surface area contributed by atoms with Crippen LogP contribution in [0.5, 0.6) is 0 Å². The highest BCUT2D eigenvalue weighted by atomic mass is 16.4. The highest BCUT2D eigenvalue weighted by molar-refractivity contribution is 5.85. The van der Waals surface area contributed by atoms with Gasteiger partial charge >= 0.3 is 5.97 Å². The zero-order valence-corrected chi connectivity index (χ0v) is 12.0. The summed E-state index contributed by atoms with van der Waals surface area (Å²) in [5, 5.41) is 9.30. The highest BCUT2D eigenvalue weighted by Gasteiger charge is 2.39. The molecule has 2 saturated carbocycles. The van der Waals surface area contributed by atoms with Crippen molar-refractivity contribution in [2.75, 3.05) is 26.2 Å². The van der Waals surface area contributed by atoms with Crippen molar-refractivity contribution >= 4 is 11.9 Å². The van der Waals surface area contributed by atoms with Gasteiger partial charge in [-0.2, -0.15) is 0 Å². The quantitative estimate of drug-likeness (QED) is 0.843. The molecule has 112 valence electrons. The lowest BCUT2D eigenvalue weighted by Gasteiger charge is -2.38.